The third kappa shape index (κ3) is 3.18. The first-order valence-corrected chi connectivity index (χ1v) is 5.68. The zero-order valence-corrected chi connectivity index (χ0v) is 10.1. The first-order valence-electron chi connectivity index (χ1n) is 5.68. The van der Waals surface area contributed by atoms with Crippen molar-refractivity contribution in [2.24, 2.45) is 0 Å². The zero-order valence-electron chi connectivity index (χ0n) is 10.1. The second-order valence-electron chi connectivity index (χ2n) is 3.83. The van der Waals surface area contributed by atoms with Gasteiger partial charge >= 0.3 is 11.9 Å². The second kappa shape index (κ2) is 5.65. The van der Waals surface area contributed by atoms with Crippen molar-refractivity contribution in [2.45, 2.75) is 38.6 Å². The molecule has 0 aromatic rings. The Hall–Kier alpha value is -1.59. The molecule has 1 aliphatic heterocycles. The fraction of sp³-hybridized carbons (Fsp3) is 0.727. The van der Waals surface area contributed by atoms with Crippen LogP contribution >= 0.6 is 0 Å². The molecule has 1 saturated heterocycles. The van der Waals surface area contributed by atoms with Crippen molar-refractivity contribution < 1.29 is 23.9 Å². The standard InChI is InChI=1S/C11H17NO5/c1-3-16-9(14)7-11(10(15)17-4-2)6-5-8(13)12-11/h3-7H2,1-2H3,(H,12,13). The third-order valence-corrected chi connectivity index (χ3v) is 2.58. The van der Waals surface area contributed by atoms with Crippen molar-refractivity contribution in [2.75, 3.05) is 13.2 Å². The van der Waals surface area contributed by atoms with Crippen LogP contribution in [0.1, 0.15) is 33.1 Å². The zero-order chi connectivity index (χ0) is 12.9. The first-order chi connectivity index (χ1) is 8.04. The number of amides is 1. The lowest BCUT2D eigenvalue weighted by atomic mass is 9.93. The fourth-order valence-corrected chi connectivity index (χ4v) is 1.80. The van der Waals surface area contributed by atoms with Crippen LogP contribution in [0.5, 0.6) is 0 Å². The van der Waals surface area contributed by atoms with E-state index in [0.717, 1.165) is 0 Å². The highest BCUT2D eigenvalue weighted by molar-refractivity contribution is 5.95. The molecule has 0 aromatic carbocycles. The van der Waals surface area contributed by atoms with Crippen molar-refractivity contribution in [3.05, 3.63) is 0 Å². The maximum atomic E-state index is 11.8. The molecule has 1 fully saturated rings. The molecular weight excluding hydrogens is 226 g/mol. The van der Waals surface area contributed by atoms with Gasteiger partial charge in [0.15, 0.2) is 0 Å². The van der Waals surface area contributed by atoms with Crippen LogP contribution in [0.3, 0.4) is 0 Å². The Balaban J connectivity index is 2.76. The summed E-state index contributed by atoms with van der Waals surface area (Å²) in [6.45, 7) is 3.81. The lowest BCUT2D eigenvalue weighted by molar-refractivity contribution is -0.157. The molecule has 6 nitrogen and oxygen atoms in total. The van der Waals surface area contributed by atoms with Gasteiger partial charge < -0.3 is 14.8 Å². The van der Waals surface area contributed by atoms with Crippen LogP contribution < -0.4 is 5.32 Å². The van der Waals surface area contributed by atoms with Gasteiger partial charge in [-0.15, -0.1) is 0 Å². The molecule has 1 N–H and O–H groups in total. The van der Waals surface area contributed by atoms with Crippen LogP contribution in [-0.4, -0.2) is 36.6 Å². The molecule has 1 rings (SSSR count). The molecule has 1 heterocycles. The van der Waals surface area contributed by atoms with Gasteiger partial charge in [-0.2, -0.15) is 0 Å². The van der Waals surface area contributed by atoms with Gasteiger partial charge in [0.1, 0.15) is 5.54 Å². The van der Waals surface area contributed by atoms with E-state index in [1.165, 1.54) is 0 Å². The van der Waals surface area contributed by atoms with E-state index in [9.17, 15) is 14.4 Å². The van der Waals surface area contributed by atoms with E-state index < -0.39 is 17.5 Å². The number of hydrogen-bond acceptors (Lipinski definition) is 5. The van der Waals surface area contributed by atoms with Gasteiger partial charge in [0.25, 0.3) is 0 Å². The molecule has 0 spiro atoms. The maximum Gasteiger partial charge on any atom is 0.332 e. The Morgan fingerprint density at radius 2 is 1.94 bits per heavy atom. The van der Waals surface area contributed by atoms with Gasteiger partial charge in [-0.05, 0) is 20.3 Å². The Morgan fingerprint density at radius 3 is 2.41 bits per heavy atom. The Bertz CT molecular complexity index is 328. The fourth-order valence-electron chi connectivity index (χ4n) is 1.80. The van der Waals surface area contributed by atoms with Crippen molar-refractivity contribution in [1.82, 2.24) is 5.32 Å². The van der Waals surface area contributed by atoms with E-state index in [0.29, 0.717) is 0 Å². The van der Waals surface area contributed by atoms with E-state index in [1.54, 1.807) is 13.8 Å². The van der Waals surface area contributed by atoms with Crippen LogP contribution in [0.15, 0.2) is 0 Å². The van der Waals surface area contributed by atoms with E-state index in [4.69, 9.17) is 9.47 Å². The summed E-state index contributed by atoms with van der Waals surface area (Å²) in [6.07, 6.45) is 0.313. The molecule has 17 heavy (non-hydrogen) atoms. The van der Waals surface area contributed by atoms with E-state index >= 15 is 0 Å². The van der Waals surface area contributed by atoms with Gasteiger partial charge in [0.05, 0.1) is 19.6 Å². The number of ether oxygens (including phenoxy) is 2. The van der Waals surface area contributed by atoms with Crippen LogP contribution in [0.2, 0.25) is 0 Å². The van der Waals surface area contributed by atoms with Crippen LogP contribution in [0.4, 0.5) is 0 Å². The van der Waals surface area contributed by atoms with Crippen molar-refractivity contribution >= 4 is 17.8 Å². The van der Waals surface area contributed by atoms with Gasteiger partial charge in [0.2, 0.25) is 5.91 Å². The number of nitrogens with one attached hydrogen (secondary N) is 1. The van der Waals surface area contributed by atoms with Gasteiger partial charge in [-0.3, -0.25) is 9.59 Å². The number of carbonyl (C=O) groups excluding carboxylic acids is 3. The molecule has 1 unspecified atom stereocenters. The summed E-state index contributed by atoms with van der Waals surface area (Å²) < 4.78 is 9.69. The number of carbonyl (C=O) groups is 3. The Kier molecular flexibility index (Phi) is 4.48. The van der Waals surface area contributed by atoms with E-state index in [2.05, 4.69) is 5.32 Å². The number of rotatable bonds is 5. The van der Waals surface area contributed by atoms with Crippen LogP contribution in [0.25, 0.3) is 0 Å². The highest BCUT2D eigenvalue weighted by atomic mass is 16.5. The third-order valence-electron chi connectivity index (χ3n) is 2.58. The smallest absolute Gasteiger partial charge is 0.332 e. The van der Waals surface area contributed by atoms with Crippen LogP contribution in [0, 0.1) is 0 Å². The average molecular weight is 243 g/mol. The van der Waals surface area contributed by atoms with Crippen molar-refractivity contribution in [1.29, 1.82) is 0 Å². The molecule has 1 aliphatic rings. The summed E-state index contributed by atoms with van der Waals surface area (Å²) >= 11 is 0. The van der Waals surface area contributed by atoms with Crippen LogP contribution in [-0.2, 0) is 23.9 Å². The largest absolute Gasteiger partial charge is 0.466 e. The summed E-state index contributed by atoms with van der Waals surface area (Å²) in [5, 5.41) is 2.53. The first kappa shape index (κ1) is 13.5. The van der Waals surface area contributed by atoms with E-state index in [-0.39, 0.29) is 38.4 Å². The van der Waals surface area contributed by atoms with Gasteiger partial charge in [-0.1, -0.05) is 0 Å². The summed E-state index contributed by atoms with van der Waals surface area (Å²) in [4.78, 5) is 34.5. The highest BCUT2D eigenvalue weighted by Gasteiger charge is 2.47. The summed E-state index contributed by atoms with van der Waals surface area (Å²) in [6, 6.07) is 0. The molecule has 96 valence electrons. The normalized spacial score (nSPS) is 23.1. The molecule has 0 bridgehead atoms. The molecular formula is C11H17NO5. The highest BCUT2D eigenvalue weighted by Crippen LogP contribution is 2.26. The Morgan fingerprint density at radius 1 is 1.29 bits per heavy atom. The lowest BCUT2D eigenvalue weighted by Crippen LogP contribution is -2.51. The predicted molar refractivity (Wildman–Crippen MR) is 58.0 cm³/mol. The summed E-state index contributed by atoms with van der Waals surface area (Å²) in [5.74, 6) is -1.33. The van der Waals surface area contributed by atoms with Crippen molar-refractivity contribution in [3.8, 4) is 0 Å². The minimum absolute atomic E-state index is 0.175. The molecule has 1 atom stereocenters. The summed E-state index contributed by atoms with van der Waals surface area (Å²) in [5.41, 5.74) is -1.24. The molecule has 6 heteroatoms. The minimum Gasteiger partial charge on any atom is -0.466 e. The molecule has 1 amide bonds. The molecule has 0 saturated carbocycles. The Labute approximate surface area is 99.6 Å². The predicted octanol–water partition coefficient (Wildman–Crippen LogP) is 0.152. The quantitative estimate of drug-likeness (QED) is 0.695. The minimum atomic E-state index is -1.24. The topological polar surface area (TPSA) is 81.7 Å². The molecule has 0 aliphatic carbocycles. The number of hydrogen-bond donors (Lipinski definition) is 1. The van der Waals surface area contributed by atoms with Gasteiger partial charge in [0, 0.05) is 6.42 Å². The monoisotopic (exact) mass is 243 g/mol. The van der Waals surface area contributed by atoms with Crippen molar-refractivity contribution in [3.63, 3.8) is 0 Å². The maximum absolute atomic E-state index is 11.8. The average Bonchev–Trinajstić information content (AvgIpc) is 2.62. The van der Waals surface area contributed by atoms with E-state index in [1.807, 2.05) is 0 Å². The number of esters is 2. The second-order valence-corrected chi connectivity index (χ2v) is 3.83. The SMILES string of the molecule is CCOC(=O)CC1(C(=O)OCC)CCC(=O)N1. The summed E-state index contributed by atoms with van der Waals surface area (Å²) in [7, 11) is 0. The van der Waals surface area contributed by atoms with Gasteiger partial charge in [-0.25, -0.2) is 4.79 Å². The molecule has 0 radical (unpaired) electrons. The molecule has 0 aromatic heterocycles. The lowest BCUT2D eigenvalue weighted by Gasteiger charge is -2.25.